The van der Waals surface area contributed by atoms with Gasteiger partial charge in [0.15, 0.2) is 0 Å². The van der Waals surface area contributed by atoms with E-state index < -0.39 is 12.1 Å². The lowest BCUT2D eigenvalue weighted by atomic mass is 9.94. The number of hydrogen-bond donors (Lipinski definition) is 2. The maximum Gasteiger partial charge on any atom is 0.407 e. The molecular formula is C26H30N2O5. The van der Waals surface area contributed by atoms with Crippen LogP contribution in [0.5, 0.6) is 0 Å². The second-order valence-electron chi connectivity index (χ2n) is 8.80. The molecule has 0 saturated carbocycles. The van der Waals surface area contributed by atoms with Crippen LogP contribution in [0.25, 0.3) is 11.1 Å². The summed E-state index contributed by atoms with van der Waals surface area (Å²) >= 11 is 0. The van der Waals surface area contributed by atoms with Crippen LogP contribution in [0.15, 0.2) is 48.5 Å². The van der Waals surface area contributed by atoms with Crippen LogP contribution >= 0.6 is 0 Å². The van der Waals surface area contributed by atoms with Crippen LogP contribution in [0.2, 0.25) is 0 Å². The molecule has 1 atom stereocenters. The van der Waals surface area contributed by atoms with E-state index in [4.69, 9.17) is 9.84 Å². The number of carbonyl (C=O) groups is 3. The smallest absolute Gasteiger partial charge is 0.407 e. The Bertz CT molecular complexity index is 976. The number of likely N-dealkylation sites (tertiary alicyclic amines) is 1. The summed E-state index contributed by atoms with van der Waals surface area (Å²) < 4.78 is 5.51. The van der Waals surface area contributed by atoms with Crippen LogP contribution in [0.3, 0.4) is 0 Å². The lowest BCUT2D eigenvalue weighted by Crippen LogP contribution is -2.40. The minimum atomic E-state index is -0.818. The summed E-state index contributed by atoms with van der Waals surface area (Å²) in [6, 6.07) is 16.4. The molecule has 0 aromatic heterocycles. The van der Waals surface area contributed by atoms with Crippen LogP contribution in [-0.4, -0.2) is 54.2 Å². The zero-order valence-corrected chi connectivity index (χ0v) is 18.7. The van der Waals surface area contributed by atoms with Crippen molar-refractivity contribution in [3.05, 3.63) is 59.7 Å². The zero-order valence-electron chi connectivity index (χ0n) is 18.7. The summed E-state index contributed by atoms with van der Waals surface area (Å²) in [6.07, 6.45) is 2.14. The lowest BCUT2D eigenvalue weighted by Gasteiger charge is -2.32. The van der Waals surface area contributed by atoms with E-state index in [1.165, 1.54) is 22.3 Å². The number of rotatable bonds is 8. The Hall–Kier alpha value is -3.35. The molecule has 33 heavy (non-hydrogen) atoms. The van der Waals surface area contributed by atoms with E-state index >= 15 is 0 Å². The van der Waals surface area contributed by atoms with E-state index in [2.05, 4.69) is 29.6 Å². The topological polar surface area (TPSA) is 95.9 Å². The lowest BCUT2D eigenvalue weighted by molar-refractivity contribution is -0.140. The molecule has 2 N–H and O–H groups in total. The fourth-order valence-electron chi connectivity index (χ4n) is 4.94. The van der Waals surface area contributed by atoms with Gasteiger partial charge in [-0.25, -0.2) is 4.79 Å². The first-order valence-corrected chi connectivity index (χ1v) is 11.6. The van der Waals surface area contributed by atoms with Crippen molar-refractivity contribution in [2.45, 2.75) is 38.0 Å². The number of fused-ring (bicyclic) bond motifs is 3. The predicted octanol–water partition coefficient (Wildman–Crippen LogP) is 4.02. The average molecular weight is 451 g/mol. The Morgan fingerprint density at radius 2 is 1.70 bits per heavy atom. The van der Waals surface area contributed by atoms with Crippen LogP contribution in [-0.2, 0) is 14.3 Å². The van der Waals surface area contributed by atoms with Gasteiger partial charge in [0.25, 0.3) is 0 Å². The van der Waals surface area contributed by atoms with Crippen molar-refractivity contribution < 1.29 is 24.2 Å². The molecule has 7 nitrogen and oxygen atoms in total. The van der Waals surface area contributed by atoms with Gasteiger partial charge in [-0.1, -0.05) is 48.5 Å². The molecule has 0 radical (unpaired) electrons. The van der Waals surface area contributed by atoms with Crippen LogP contribution in [0.1, 0.15) is 49.1 Å². The molecule has 2 aromatic rings. The van der Waals surface area contributed by atoms with Crippen molar-refractivity contribution >= 4 is 18.0 Å². The number of carboxylic acids is 1. The highest BCUT2D eigenvalue weighted by Gasteiger charge is 2.29. The molecule has 1 aliphatic heterocycles. The Labute approximate surface area is 193 Å². The third kappa shape index (κ3) is 5.53. The minimum Gasteiger partial charge on any atom is -0.481 e. The summed E-state index contributed by atoms with van der Waals surface area (Å²) in [6.45, 7) is 1.80. The summed E-state index contributed by atoms with van der Waals surface area (Å²) in [7, 11) is 0. The highest BCUT2D eigenvalue weighted by molar-refractivity contribution is 5.79. The van der Waals surface area contributed by atoms with Crippen molar-refractivity contribution in [3.8, 4) is 11.1 Å². The second kappa shape index (κ2) is 10.5. The number of benzene rings is 2. The molecule has 2 aliphatic rings. The van der Waals surface area contributed by atoms with Crippen molar-refractivity contribution in [1.82, 2.24) is 10.2 Å². The summed E-state index contributed by atoms with van der Waals surface area (Å²) in [4.78, 5) is 37.4. The van der Waals surface area contributed by atoms with Gasteiger partial charge in [-0.2, -0.15) is 0 Å². The van der Waals surface area contributed by atoms with E-state index in [1.54, 1.807) is 4.90 Å². The van der Waals surface area contributed by atoms with Crippen LogP contribution in [0, 0.1) is 5.92 Å². The van der Waals surface area contributed by atoms with E-state index in [0.717, 1.165) is 12.8 Å². The van der Waals surface area contributed by atoms with Gasteiger partial charge in [0.05, 0.1) is 0 Å². The summed E-state index contributed by atoms with van der Waals surface area (Å²) in [5, 5.41) is 11.7. The number of aliphatic carboxylic acids is 1. The van der Waals surface area contributed by atoms with Crippen molar-refractivity contribution in [3.63, 3.8) is 0 Å². The molecule has 2 aromatic carbocycles. The van der Waals surface area contributed by atoms with Gasteiger partial charge in [-0.05, 0) is 47.4 Å². The highest BCUT2D eigenvalue weighted by atomic mass is 16.5. The molecule has 0 bridgehead atoms. The fraction of sp³-hybridized carbons (Fsp3) is 0.423. The van der Waals surface area contributed by atoms with Crippen LogP contribution < -0.4 is 5.32 Å². The normalized spacial score (nSPS) is 17.2. The third-order valence-electron chi connectivity index (χ3n) is 6.52. The Morgan fingerprint density at radius 3 is 2.36 bits per heavy atom. The first-order valence-electron chi connectivity index (χ1n) is 11.6. The number of amides is 2. The standard InChI is InChI=1S/C26H30N2O5/c29-24(28-14-6-7-18(16-28)15-25(30)31)12-5-13-27-26(32)33-17-23-21-10-3-1-8-19(21)20-9-2-4-11-22(20)23/h1-4,8-11,18,23H,5-7,12-17H2,(H,27,32)(H,30,31). The first-order chi connectivity index (χ1) is 16.0. The van der Waals surface area contributed by atoms with Gasteiger partial charge >= 0.3 is 12.1 Å². The van der Waals surface area contributed by atoms with Crippen LogP contribution in [0.4, 0.5) is 4.79 Å². The van der Waals surface area contributed by atoms with Gasteiger partial charge in [0.1, 0.15) is 6.61 Å². The second-order valence-corrected chi connectivity index (χ2v) is 8.80. The van der Waals surface area contributed by atoms with E-state index in [9.17, 15) is 14.4 Å². The molecule has 1 saturated heterocycles. The average Bonchev–Trinajstić information content (AvgIpc) is 3.14. The number of carbonyl (C=O) groups excluding carboxylic acids is 2. The molecule has 174 valence electrons. The summed E-state index contributed by atoms with van der Waals surface area (Å²) in [5.74, 6) is -0.761. The highest BCUT2D eigenvalue weighted by Crippen LogP contribution is 2.44. The number of alkyl carbamates (subject to hydrolysis) is 1. The molecule has 1 unspecified atom stereocenters. The Morgan fingerprint density at radius 1 is 1.03 bits per heavy atom. The van der Waals surface area contributed by atoms with Crippen molar-refractivity contribution in [2.24, 2.45) is 5.92 Å². The molecule has 1 aliphatic carbocycles. The van der Waals surface area contributed by atoms with Gasteiger partial charge < -0.3 is 20.1 Å². The SMILES string of the molecule is O=C(O)CC1CCCN(C(=O)CCCNC(=O)OCC2c3ccccc3-c3ccccc32)C1. The molecule has 1 fully saturated rings. The molecule has 0 spiro atoms. The van der Waals surface area contributed by atoms with E-state index in [-0.39, 0.29) is 30.8 Å². The van der Waals surface area contributed by atoms with Gasteiger partial charge in [0.2, 0.25) is 5.91 Å². The van der Waals surface area contributed by atoms with Gasteiger partial charge in [0, 0.05) is 38.4 Å². The monoisotopic (exact) mass is 450 g/mol. The van der Waals surface area contributed by atoms with E-state index in [1.807, 2.05) is 24.3 Å². The quantitative estimate of drug-likeness (QED) is 0.592. The number of nitrogens with zero attached hydrogens (tertiary/aromatic N) is 1. The molecule has 2 amide bonds. The van der Waals surface area contributed by atoms with Crippen molar-refractivity contribution in [1.29, 1.82) is 0 Å². The number of ether oxygens (including phenoxy) is 1. The number of nitrogens with one attached hydrogen (secondary N) is 1. The fourth-order valence-corrected chi connectivity index (χ4v) is 4.94. The minimum absolute atomic E-state index is 0.0134. The predicted molar refractivity (Wildman–Crippen MR) is 124 cm³/mol. The zero-order chi connectivity index (χ0) is 23.2. The number of hydrogen-bond acceptors (Lipinski definition) is 4. The molecular weight excluding hydrogens is 420 g/mol. The third-order valence-corrected chi connectivity index (χ3v) is 6.52. The Kier molecular flexibility index (Phi) is 7.27. The maximum absolute atomic E-state index is 12.4. The number of piperidine rings is 1. The summed E-state index contributed by atoms with van der Waals surface area (Å²) in [5.41, 5.74) is 4.70. The maximum atomic E-state index is 12.4. The largest absolute Gasteiger partial charge is 0.481 e. The van der Waals surface area contributed by atoms with Gasteiger partial charge in [-0.3, -0.25) is 9.59 Å². The molecule has 7 heteroatoms. The Balaban J connectivity index is 1.19. The first kappa shape index (κ1) is 22.8. The van der Waals surface area contributed by atoms with E-state index in [0.29, 0.717) is 32.5 Å². The molecule has 4 rings (SSSR count). The molecule has 1 heterocycles. The van der Waals surface area contributed by atoms with Crippen molar-refractivity contribution in [2.75, 3.05) is 26.2 Å². The van der Waals surface area contributed by atoms with Gasteiger partial charge in [-0.15, -0.1) is 0 Å². The number of carboxylic acid groups (broad SMARTS) is 1.